The number of alkyl halides is 3. The Bertz CT molecular complexity index is 1020. The van der Waals surface area contributed by atoms with Crippen LogP contribution in [0.2, 0.25) is 0 Å². The van der Waals surface area contributed by atoms with Gasteiger partial charge in [0.25, 0.3) is 0 Å². The summed E-state index contributed by atoms with van der Waals surface area (Å²) in [5, 5.41) is 2.94. The Balaban J connectivity index is 1.51. The number of aromatic nitrogens is 4. The third-order valence-corrected chi connectivity index (χ3v) is 4.75. The van der Waals surface area contributed by atoms with Gasteiger partial charge in [0.15, 0.2) is 11.6 Å². The molecule has 1 saturated heterocycles. The molecule has 29 heavy (non-hydrogen) atoms. The second-order valence-corrected chi connectivity index (χ2v) is 7.03. The summed E-state index contributed by atoms with van der Waals surface area (Å²) in [5.74, 6) is 0.787. The van der Waals surface area contributed by atoms with Crippen molar-refractivity contribution in [1.82, 2.24) is 19.3 Å². The highest BCUT2D eigenvalue weighted by Crippen LogP contribution is 2.39. The van der Waals surface area contributed by atoms with E-state index >= 15 is 0 Å². The molecule has 3 aromatic heterocycles. The number of nitrogen functional groups attached to an aromatic ring is 1. The van der Waals surface area contributed by atoms with Crippen LogP contribution in [0, 0.1) is 6.92 Å². The lowest BCUT2D eigenvalue weighted by Crippen LogP contribution is -2.38. The van der Waals surface area contributed by atoms with Gasteiger partial charge in [0, 0.05) is 17.7 Å². The Morgan fingerprint density at radius 3 is 2.66 bits per heavy atom. The van der Waals surface area contributed by atoms with Crippen LogP contribution in [0.5, 0.6) is 5.75 Å². The Kier molecular flexibility index (Phi) is 4.96. The van der Waals surface area contributed by atoms with E-state index in [0.29, 0.717) is 30.5 Å². The van der Waals surface area contributed by atoms with E-state index in [2.05, 4.69) is 24.6 Å². The van der Waals surface area contributed by atoms with Crippen molar-refractivity contribution in [1.29, 1.82) is 0 Å². The smallest absolute Gasteiger partial charge is 0.418 e. The molecule has 1 aliphatic rings. The van der Waals surface area contributed by atoms with Crippen LogP contribution >= 0.6 is 11.5 Å². The standard InChI is InChI=1S/C17H15F3N6O2S/c1-8-4-23-15(13(21)12(8)17(18,19)20)25-16-24-14(26-29-16)11-3-2-9(5-22-11)28-10-6-27-7-10/h2-5,10H,6-7,21H2,1H3,(H,23,24,25,26). The number of hydrogen-bond acceptors (Lipinski definition) is 9. The molecule has 0 amide bonds. The lowest BCUT2D eigenvalue weighted by molar-refractivity contribution is -0.137. The zero-order chi connectivity index (χ0) is 20.6. The Morgan fingerprint density at radius 2 is 2.03 bits per heavy atom. The molecule has 4 rings (SSSR count). The largest absolute Gasteiger partial charge is 0.484 e. The number of pyridine rings is 2. The van der Waals surface area contributed by atoms with Crippen molar-refractivity contribution in [3.8, 4) is 17.3 Å². The summed E-state index contributed by atoms with van der Waals surface area (Å²) in [5.41, 5.74) is 4.71. The van der Waals surface area contributed by atoms with Gasteiger partial charge in [0.1, 0.15) is 17.5 Å². The van der Waals surface area contributed by atoms with Gasteiger partial charge < -0.3 is 20.5 Å². The van der Waals surface area contributed by atoms with Crippen molar-refractivity contribution in [3.63, 3.8) is 0 Å². The van der Waals surface area contributed by atoms with Crippen molar-refractivity contribution < 1.29 is 22.6 Å². The number of nitrogens with zero attached hydrogens (tertiary/aromatic N) is 4. The number of hydrogen-bond donors (Lipinski definition) is 2. The first kappa shape index (κ1) is 19.3. The quantitative estimate of drug-likeness (QED) is 0.641. The van der Waals surface area contributed by atoms with Crippen molar-refractivity contribution in [2.45, 2.75) is 19.2 Å². The first-order valence-electron chi connectivity index (χ1n) is 8.45. The van der Waals surface area contributed by atoms with Crippen molar-refractivity contribution in [2.24, 2.45) is 0 Å². The Hall–Kier alpha value is -2.99. The number of ether oxygens (including phenoxy) is 2. The molecular weight excluding hydrogens is 409 g/mol. The molecule has 0 aromatic carbocycles. The van der Waals surface area contributed by atoms with Crippen LogP contribution in [0.25, 0.3) is 11.5 Å². The lowest BCUT2D eigenvalue weighted by atomic mass is 10.1. The van der Waals surface area contributed by atoms with Crippen LogP contribution in [0.4, 0.5) is 29.8 Å². The first-order chi connectivity index (χ1) is 13.8. The maximum absolute atomic E-state index is 13.2. The van der Waals surface area contributed by atoms with E-state index in [1.165, 1.54) is 6.92 Å². The summed E-state index contributed by atoms with van der Waals surface area (Å²) in [6, 6.07) is 3.44. The average Bonchev–Trinajstić information content (AvgIpc) is 3.09. The molecule has 0 atom stereocenters. The summed E-state index contributed by atoms with van der Waals surface area (Å²) in [6.07, 6.45) is -1.89. The van der Waals surface area contributed by atoms with Gasteiger partial charge in [0.2, 0.25) is 5.13 Å². The molecule has 8 nitrogen and oxygen atoms in total. The average molecular weight is 424 g/mol. The predicted octanol–water partition coefficient (Wildman–Crippen LogP) is 3.43. The fourth-order valence-electron chi connectivity index (χ4n) is 2.64. The summed E-state index contributed by atoms with van der Waals surface area (Å²) < 4.78 is 54.5. The van der Waals surface area contributed by atoms with Crippen LogP contribution in [-0.2, 0) is 10.9 Å². The van der Waals surface area contributed by atoms with Crippen molar-refractivity contribution >= 4 is 28.2 Å². The van der Waals surface area contributed by atoms with E-state index < -0.39 is 17.4 Å². The van der Waals surface area contributed by atoms with E-state index in [1.807, 2.05) is 0 Å². The van der Waals surface area contributed by atoms with Crippen molar-refractivity contribution in [3.05, 3.63) is 35.7 Å². The molecule has 1 aliphatic heterocycles. The summed E-state index contributed by atoms with van der Waals surface area (Å²) in [4.78, 5) is 12.4. The third kappa shape index (κ3) is 4.07. The number of nitrogens with one attached hydrogen (secondary N) is 1. The van der Waals surface area contributed by atoms with Gasteiger partial charge in [-0.05, 0) is 24.6 Å². The van der Waals surface area contributed by atoms with Gasteiger partial charge in [-0.2, -0.15) is 22.5 Å². The van der Waals surface area contributed by atoms with Crippen LogP contribution in [0.15, 0.2) is 24.5 Å². The number of aryl methyl sites for hydroxylation is 1. The zero-order valence-electron chi connectivity index (χ0n) is 15.0. The van der Waals surface area contributed by atoms with Gasteiger partial charge in [-0.1, -0.05) is 0 Å². The molecule has 0 saturated carbocycles. The van der Waals surface area contributed by atoms with Crippen LogP contribution < -0.4 is 15.8 Å². The maximum Gasteiger partial charge on any atom is 0.418 e. The second-order valence-electron chi connectivity index (χ2n) is 6.28. The molecule has 4 heterocycles. The van der Waals surface area contributed by atoms with E-state index in [1.54, 1.807) is 18.3 Å². The number of halogens is 3. The van der Waals surface area contributed by atoms with E-state index in [0.717, 1.165) is 17.7 Å². The fraction of sp³-hybridized carbons (Fsp3) is 0.294. The molecule has 0 bridgehead atoms. The third-order valence-electron chi connectivity index (χ3n) is 4.12. The topological polar surface area (TPSA) is 108 Å². The van der Waals surface area contributed by atoms with E-state index in [-0.39, 0.29) is 22.6 Å². The molecule has 152 valence electrons. The molecule has 3 aromatic rings. The first-order valence-corrected chi connectivity index (χ1v) is 9.22. The summed E-state index contributed by atoms with van der Waals surface area (Å²) in [6.45, 7) is 2.41. The number of rotatable bonds is 5. The molecule has 0 unspecified atom stereocenters. The normalized spacial score (nSPS) is 14.5. The number of nitrogens with two attached hydrogens (primary N) is 1. The minimum absolute atomic E-state index is 0.0323. The van der Waals surface area contributed by atoms with Crippen LogP contribution in [-0.4, -0.2) is 38.6 Å². The lowest BCUT2D eigenvalue weighted by Gasteiger charge is -2.26. The van der Waals surface area contributed by atoms with E-state index in [4.69, 9.17) is 15.2 Å². The summed E-state index contributed by atoms with van der Waals surface area (Å²) in [7, 11) is 0. The zero-order valence-corrected chi connectivity index (χ0v) is 15.8. The van der Waals surface area contributed by atoms with Gasteiger partial charge in [-0.3, -0.25) is 0 Å². The van der Waals surface area contributed by atoms with Crippen LogP contribution in [0.1, 0.15) is 11.1 Å². The molecule has 3 N–H and O–H groups in total. The van der Waals surface area contributed by atoms with Gasteiger partial charge in [0.05, 0.1) is 30.7 Å². The molecule has 12 heteroatoms. The minimum atomic E-state index is -4.58. The van der Waals surface area contributed by atoms with Crippen molar-refractivity contribution in [2.75, 3.05) is 24.3 Å². The van der Waals surface area contributed by atoms with E-state index in [9.17, 15) is 13.2 Å². The molecular formula is C17H15F3N6O2S. The highest BCUT2D eigenvalue weighted by Gasteiger charge is 2.36. The highest BCUT2D eigenvalue weighted by molar-refractivity contribution is 7.09. The molecule has 0 aliphatic carbocycles. The minimum Gasteiger partial charge on any atom is -0.484 e. The monoisotopic (exact) mass is 424 g/mol. The molecule has 0 spiro atoms. The van der Waals surface area contributed by atoms with Gasteiger partial charge >= 0.3 is 6.18 Å². The van der Waals surface area contributed by atoms with Crippen LogP contribution in [0.3, 0.4) is 0 Å². The summed E-state index contributed by atoms with van der Waals surface area (Å²) >= 11 is 0.956. The molecule has 1 fully saturated rings. The number of anilines is 3. The fourth-order valence-corrected chi connectivity index (χ4v) is 3.22. The predicted molar refractivity (Wildman–Crippen MR) is 100 cm³/mol. The van der Waals surface area contributed by atoms with Gasteiger partial charge in [-0.25, -0.2) is 9.97 Å². The second kappa shape index (κ2) is 7.44. The Labute approximate surface area is 167 Å². The Morgan fingerprint density at radius 1 is 1.24 bits per heavy atom. The maximum atomic E-state index is 13.2. The molecule has 0 radical (unpaired) electrons. The van der Waals surface area contributed by atoms with Gasteiger partial charge in [-0.15, -0.1) is 0 Å². The highest BCUT2D eigenvalue weighted by atomic mass is 32.1. The SMILES string of the molecule is Cc1cnc(Nc2nc(-c3ccc(OC4COC4)cn3)ns2)c(N)c1C(F)(F)F.